The Kier molecular flexibility index (Phi) is 6.97. The topological polar surface area (TPSA) is 61.8 Å². The summed E-state index contributed by atoms with van der Waals surface area (Å²) in [5.41, 5.74) is -1.61. The van der Waals surface area contributed by atoms with Crippen LogP contribution in [0.2, 0.25) is 0 Å². The molecule has 0 bridgehead atoms. The van der Waals surface area contributed by atoms with Crippen molar-refractivity contribution in [2.45, 2.75) is 141 Å². The van der Waals surface area contributed by atoms with Crippen molar-refractivity contribution < 1.29 is 14.6 Å². The first-order chi connectivity index (χ1) is 13.9. The van der Waals surface area contributed by atoms with E-state index in [1.54, 1.807) is 0 Å². The average Bonchev–Trinajstić information content (AvgIpc) is 2.84. The standard InChI is InChI=1S/C25H46N2O3/c1-7-8-9-10-11-12-13-20-14-25(15-20)26-21(29)24(30-25)17-22(3,4)27(16-19(2)28)23(5,6)18-24/h19-20,28H,7-18H2,1-6H3,(H,26,29). The van der Waals surface area contributed by atoms with Crippen LogP contribution in [0.25, 0.3) is 0 Å². The molecule has 3 rings (SSSR count). The minimum Gasteiger partial charge on any atom is -0.392 e. The van der Waals surface area contributed by atoms with Crippen molar-refractivity contribution in [3.63, 3.8) is 0 Å². The third-order valence-corrected chi connectivity index (χ3v) is 7.69. The van der Waals surface area contributed by atoms with Crippen LogP contribution >= 0.6 is 0 Å². The predicted octanol–water partition coefficient (Wildman–Crippen LogP) is 4.76. The molecule has 2 N–H and O–H groups in total. The summed E-state index contributed by atoms with van der Waals surface area (Å²) in [5.74, 6) is 0.765. The lowest BCUT2D eigenvalue weighted by atomic mass is 9.70. The van der Waals surface area contributed by atoms with Gasteiger partial charge in [-0.3, -0.25) is 9.69 Å². The highest BCUT2D eigenvalue weighted by Gasteiger charge is 2.65. The minimum atomic E-state index is -0.743. The van der Waals surface area contributed by atoms with Crippen LogP contribution in [0.3, 0.4) is 0 Å². The third-order valence-electron chi connectivity index (χ3n) is 7.69. The molecule has 5 heteroatoms. The number of amides is 1. The molecule has 1 atom stereocenters. The zero-order valence-corrected chi connectivity index (χ0v) is 20.4. The molecule has 0 aromatic rings. The summed E-state index contributed by atoms with van der Waals surface area (Å²) in [6.07, 6.45) is 12.2. The smallest absolute Gasteiger partial charge is 0.254 e. The Hall–Kier alpha value is -0.650. The molecule has 2 spiro atoms. The van der Waals surface area contributed by atoms with Gasteiger partial charge in [0.25, 0.3) is 5.91 Å². The summed E-state index contributed by atoms with van der Waals surface area (Å²) in [4.78, 5) is 15.6. The zero-order chi connectivity index (χ0) is 22.2. The van der Waals surface area contributed by atoms with Crippen LogP contribution in [0, 0.1) is 5.92 Å². The number of β-amino-alcohol motifs (C(OH)–C–C–N with tert-alkyl or cyclic N) is 1. The van der Waals surface area contributed by atoms with E-state index in [9.17, 15) is 9.90 Å². The van der Waals surface area contributed by atoms with Crippen LogP contribution in [0.1, 0.15) is 112 Å². The predicted molar refractivity (Wildman–Crippen MR) is 121 cm³/mol. The second-order valence-electron chi connectivity index (χ2n) is 11.8. The highest BCUT2D eigenvalue weighted by molar-refractivity contribution is 5.88. The number of likely N-dealkylation sites (tertiary alicyclic amines) is 1. The van der Waals surface area contributed by atoms with Gasteiger partial charge in [0.15, 0.2) is 5.60 Å². The quantitative estimate of drug-likeness (QED) is 0.526. The van der Waals surface area contributed by atoms with Crippen molar-refractivity contribution in [2.75, 3.05) is 6.54 Å². The lowest BCUT2D eigenvalue weighted by Gasteiger charge is -2.58. The van der Waals surface area contributed by atoms with Crippen LogP contribution in [-0.2, 0) is 9.53 Å². The van der Waals surface area contributed by atoms with E-state index in [1.165, 1.54) is 44.9 Å². The molecule has 3 fully saturated rings. The first kappa shape index (κ1) is 24.0. The number of piperidine rings is 1. The highest BCUT2D eigenvalue weighted by atomic mass is 16.6. The fourth-order valence-electron chi connectivity index (χ4n) is 6.70. The molecule has 30 heavy (non-hydrogen) atoms. The van der Waals surface area contributed by atoms with Gasteiger partial charge in [-0.1, -0.05) is 51.9 Å². The van der Waals surface area contributed by atoms with Crippen LogP contribution < -0.4 is 5.32 Å². The Balaban J connectivity index is 1.57. The van der Waals surface area contributed by atoms with Crippen LogP contribution in [-0.4, -0.2) is 51.0 Å². The second kappa shape index (κ2) is 8.71. The fraction of sp³-hybridized carbons (Fsp3) is 0.960. The molecule has 1 unspecified atom stereocenters. The summed E-state index contributed by atoms with van der Waals surface area (Å²) < 4.78 is 6.69. The molecular formula is C25H46N2O3. The number of carbonyl (C=O) groups excluding carboxylic acids is 1. The van der Waals surface area contributed by atoms with Gasteiger partial charge in [-0.15, -0.1) is 0 Å². The SMILES string of the molecule is CCCCCCCCC1CC2(C1)NC(=O)C1(CC(C)(C)N(CC(C)O)C(C)(C)C1)O2. The zero-order valence-electron chi connectivity index (χ0n) is 20.4. The van der Waals surface area contributed by atoms with Crippen molar-refractivity contribution in [3.8, 4) is 0 Å². The average molecular weight is 423 g/mol. The molecule has 5 nitrogen and oxygen atoms in total. The minimum absolute atomic E-state index is 0.0818. The van der Waals surface area contributed by atoms with E-state index in [0.29, 0.717) is 25.3 Å². The Morgan fingerprint density at radius 2 is 1.63 bits per heavy atom. The second-order valence-corrected chi connectivity index (χ2v) is 11.8. The van der Waals surface area contributed by atoms with Gasteiger partial charge in [-0.05, 0) is 53.4 Å². The molecule has 0 aromatic carbocycles. The van der Waals surface area contributed by atoms with Crippen molar-refractivity contribution in [1.29, 1.82) is 0 Å². The van der Waals surface area contributed by atoms with E-state index in [4.69, 9.17) is 4.74 Å². The van der Waals surface area contributed by atoms with E-state index >= 15 is 0 Å². The number of aliphatic hydroxyl groups is 1. The number of unbranched alkanes of at least 4 members (excludes halogenated alkanes) is 5. The molecule has 0 aromatic heterocycles. The number of hydrogen-bond donors (Lipinski definition) is 2. The maximum atomic E-state index is 13.2. The number of aliphatic hydroxyl groups excluding tert-OH is 1. The van der Waals surface area contributed by atoms with Gasteiger partial charge in [0, 0.05) is 30.5 Å². The molecule has 2 saturated heterocycles. The monoisotopic (exact) mass is 422 g/mol. The van der Waals surface area contributed by atoms with Gasteiger partial charge in [0.05, 0.1) is 6.10 Å². The lowest BCUT2D eigenvalue weighted by molar-refractivity contribution is -0.216. The first-order valence-corrected chi connectivity index (χ1v) is 12.4. The van der Waals surface area contributed by atoms with Gasteiger partial charge in [0.2, 0.25) is 0 Å². The van der Waals surface area contributed by atoms with Crippen molar-refractivity contribution in [2.24, 2.45) is 5.92 Å². The number of rotatable bonds is 9. The Labute approximate surface area is 184 Å². The molecule has 0 radical (unpaired) electrons. The van der Waals surface area contributed by atoms with Crippen LogP contribution in [0.4, 0.5) is 0 Å². The van der Waals surface area contributed by atoms with E-state index in [-0.39, 0.29) is 17.0 Å². The molecule has 1 aliphatic carbocycles. The van der Waals surface area contributed by atoms with Crippen molar-refractivity contribution in [1.82, 2.24) is 10.2 Å². The Bertz CT molecular complexity index is 590. The Morgan fingerprint density at radius 1 is 1.07 bits per heavy atom. The summed E-state index contributed by atoms with van der Waals surface area (Å²) in [6.45, 7) is 13.4. The van der Waals surface area contributed by atoms with Gasteiger partial charge in [-0.2, -0.15) is 0 Å². The van der Waals surface area contributed by atoms with Crippen LogP contribution in [0.5, 0.6) is 0 Å². The maximum absolute atomic E-state index is 13.2. The van der Waals surface area contributed by atoms with Crippen molar-refractivity contribution in [3.05, 3.63) is 0 Å². The molecule has 1 amide bonds. The molecular weight excluding hydrogens is 376 g/mol. The van der Waals surface area contributed by atoms with E-state index in [0.717, 1.165) is 12.8 Å². The molecule has 3 aliphatic rings. The maximum Gasteiger partial charge on any atom is 0.254 e. The van der Waals surface area contributed by atoms with Gasteiger partial charge in [-0.25, -0.2) is 0 Å². The van der Waals surface area contributed by atoms with Gasteiger partial charge < -0.3 is 15.2 Å². The third kappa shape index (κ3) is 4.88. The van der Waals surface area contributed by atoms with E-state index in [1.807, 2.05) is 6.92 Å². The highest BCUT2D eigenvalue weighted by Crippen LogP contribution is 2.54. The van der Waals surface area contributed by atoms with Crippen molar-refractivity contribution >= 4 is 5.91 Å². The molecule has 2 heterocycles. The largest absolute Gasteiger partial charge is 0.392 e. The van der Waals surface area contributed by atoms with Gasteiger partial charge >= 0.3 is 0 Å². The summed E-state index contributed by atoms with van der Waals surface area (Å²) in [6, 6.07) is 0. The van der Waals surface area contributed by atoms with E-state index in [2.05, 4.69) is 44.8 Å². The molecule has 174 valence electrons. The van der Waals surface area contributed by atoms with Crippen LogP contribution in [0.15, 0.2) is 0 Å². The normalized spacial score (nSPS) is 32.9. The summed E-state index contributed by atoms with van der Waals surface area (Å²) in [7, 11) is 0. The number of hydrogen-bond acceptors (Lipinski definition) is 4. The first-order valence-electron chi connectivity index (χ1n) is 12.4. The number of ether oxygens (including phenoxy) is 1. The number of nitrogens with zero attached hydrogens (tertiary/aromatic N) is 1. The fourth-order valence-corrected chi connectivity index (χ4v) is 6.70. The lowest BCUT2D eigenvalue weighted by Crippen LogP contribution is -2.68. The molecule has 2 aliphatic heterocycles. The summed E-state index contributed by atoms with van der Waals surface area (Å²) in [5, 5.41) is 13.3. The summed E-state index contributed by atoms with van der Waals surface area (Å²) >= 11 is 0. The Morgan fingerprint density at radius 3 is 2.20 bits per heavy atom. The van der Waals surface area contributed by atoms with E-state index < -0.39 is 17.4 Å². The molecule has 1 saturated carbocycles. The number of nitrogens with one attached hydrogen (secondary N) is 1. The van der Waals surface area contributed by atoms with Gasteiger partial charge in [0.1, 0.15) is 5.72 Å². The number of carbonyl (C=O) groups is 1.